The maximum Gasteiger partial charge on any atom is 0.416 e. The largest absolute Gasteiger partial charge is 0.416 e. The molecule has 1 aliphatic rings. The number of rotatable bonds is 7. The lowest BCUT2D eigenvalue weighted by Gasteiger charge is -2.08. The van der Waals surface area contributed by atoms with Gasteiger partial charge in [0.25, 0.3) is 0 Å². The first kappa shape index (κ1) is 25.1. The fraction of sp³-hybridized carbons (Fsp3) is 0.200. The molecule has 0 radical (unpaired) electrons. The molecule has 6 nitrogen and oxygen atoms in total. The Morgan fingerprint density at radius 3 is 2.49 bits per heavy atom. The zero-order valence-corrected chi connectivity index (χ0v) is 20.6. The second kappa shape index (κ2) is 10.1. The minimum atomic E-state index is -4.43. The van der Waals surface area contributed by atoms with Crippen LogP contribution in [-0.4, -0.2) is 25.8 Å². The third-order valence-corrected chi connectivity index (χ3v) is 6.97. The van der Waals surface area contributed by atoms with Gasteiger partial charge >= 0.3 is 11.9 Å². The molecule has 37 heavy (non-hydrogen) atoms. The van der Waals surface area contributed by atoms with E-state index in [-0.39, 0.29) is 19.5 Å². The maximum atomic E-state index is 14.3. The molecule has 12 heteroatoms. The third-order valence-electron chi connectivity index (χ3n) is 5.74. The molecule has 0 saturated heterocycles. The van der Waals surface area contributed by atoms with Gasteiger partial charge in [0.2, 0.25) is 0 Å². The summed E-state index contributed by atoms with van der Waals surface area (Å²) in [4.78, 5) is 13.9. The van der Waals surface area contributed by atoms with E-state index >= 15 is 0 Å². The topological polar surface area (TPSA) is 64.5 Å². The summed E-state index contributed by atoms with van der Waals surface area (Å²) in [5.74, 6) is -0.0982. The fourth-order valence-corrected chi connectivity index (χ4v) is 5.04. The van der Waals surface area contributed by atoms with Crippen LogP contribution in [0.5, 0.6) is 0 Å². The summed E-state index contributed by atoms with van der Waals surface area (Å²) in [5, 5.41) is 12.7. The first-order valence-electron chi connectivity index (χ1n) is 11.1. The molecule has 0 N–H and O–H groups in total. The number of hydrogen-bond acceptors (Lipinski definition) is 5. The van der Waals surface area contributed by atoms with Gasteiger partial charge in [-0.2, -0.15) is 23.4 Å². The second-order valence-electron chi connectivity index (χ2n) is 8.43. The molecule has 190 valence electrons. The van der Waals surface area contributed by atoms with Crippen LogP contribution in [0.15, 0.2) is 75.7 Å². The lowest BCUT2D eigenvalue weighted by atomic mass is 10.0. The minimum Gasteiger partial charge on any atom is -0.270 e. The lowest BCUT2D eigenvalue weighted by molar-refractivity contribution is -0.137. The van der Waals surface area contributed by atoms with Crippen LogP contribution in [0.3, 0.4) is 0 Å². The average molecular weight is 548 g/mol. The molecule has 0 amide bonds. The Hall–Kier alpha value is -3.57. The van der Waals surface area contributed by atoms with Crippen molar-refractivity contribution in [2.24, 2.45) is 10.2 Å². The molecule has 2 aromatic heterocycles. The Bertz CT molecular complexity index is 1580. The summed E-state index contributed by atoms with van der Waals surface area (Å²) in [6.45, 7) is 0.00490. The smallest absolute Gasteiger partial charge is 0.270 e. The van der Waals surface area contributed by atoms with E-state index in [1.807, 2.05) is 0 Å². The molecule has 0 unspecified atom stereocenters. The monoisotopic (exact) mass is 547 g/mol. The van der Waals surface area contributed by atoms with Crippen molar-refractivity contribution in [3.05, 3.63) is 98.0 Å². The summed E-state index contributed by atoms with van der Waals surface area (Å²) in [7, 11) is 0. The van der Waals surface area contributed by atoms with Crippen molar-refractivity contribution in [2.75, 3.05) is 0 Å². The number of hydrogen-bond donors (Lipinski definition) is 0. The third kappa shape index (κ3) is 5.57. The zero-order valence-electron chi connectivity index (χ0n) is 19.0. The average Bonchev–Trinajstić information content (AvgIpc) is 3.56. The Morgan fingerprint density at radius 1 is 0.973 bits per heavy atom. The van der Waals surface area contributed by atoms with E-state index in [9.17, 15) is 22.4 Å². The van der Waals surface area contributed by atoms with Gasteiger partial charge in [-0.15, -0.1) is 16.4 Å². The highest BCUT2D eigenvalue weighted by Crippen LogP contribution is 2.31. The Labute approximate surface area is 217 Å². The summed E-state index contributed by atoms with van der Waals surface area (Å²) in [6.07, 6.45) is -3.93. The van der Waals surface area contributed by atoms with E-state index in [4.69, 9.17) is 11.6 Å². The van der Waals surface area contributed by atoms with Gasteiger partial charge in [0.1, 0.15) is 5.82 Å². The standard InChI is InChI=1S/C25H18ClF4N5OS/c26-22-9-8-21(37-22)23-33-35(24(36)34(23)13-16-5-1-2-7-20(16)27)14-19-12-18(31-32-19)11-15-4-3-6-17(10-15)25(28,29)30/h1-10H,11-14H2. The van der Waals surface area contributed by atoms with Gasteiger partial charge < -0.3 is 0 Å². The minimum absolute atomic E-state index is 0.0276. The molecule has 3 heterocycles. The van der Waals surface area contributed by atoms with Gasteiger partial charge in [-0.3, -0.25) is 4.57 Å². The normalized spacial score (nSPS) is 13.6. The van der Waals surface area contributed by atoms with Gasteiger partial charge in [0.15, 0.2) is 5.82 Å². The number of alkyl halides is 3. The molecule has 0 spiro atoms. The van der Waals surface area contributed by atoms with Gasteiger partial charge in [-0.25, -0.2) is 13.9 Å². The predicted molar refractivity (Wildman–Crippen MR) is 135 cm³/mol. The number of halogens is 5. The van der Waals surface area contributed by atoms with Crippen molar-refractivity contribution in [3.63, 3.8) is 0 Å². The van der Waals surface area contributed by atoms with Crippen molar-refractivity contribution in [1.29, 1.82) is 0 Å². The second-order valence-corrected chi connectivity index (χ2v) is 10.1. The summed E-state index contributed by atoms with van der Waals surface area (Å²) >= 11 is 7.33. The predicted octanol–water partition coefficient (Wildman–Crippen LogP) is 6.08. The highest BCUT2D eigenvalue weighted by Gasteiger charge is 2.30. The number of nitrogens with zero attached hydrogens (tertiary/aromatic N) is 5. The molecule has 4 aromatic rings. The molecule has 0 atom stereocenters. The summed E-state index contributed by atoms with van der Waals surface area (Å²) in [6, 6.07) is 14.7. The maximum absolute atomic E-state index is 14.3. The van der Waals surface area contributed by atoms with E-state index in [1.54, 1.807) is 36.4 Å². The van der Waals surface area contributed by atoms with Gasteiger partial charge in [-0.05, 0) is 29.8 Å². The van der Waals surface area contributed by atoms with Crippen LogP contribution >= 0.6 is 22.9 Å². The van der Waals surface area contributed by atoms with Crippen LogP contribution in [-0.2, 0) is 25.7 Å². The quantitative estimate of drug-likeness (QED) is 0.263. The molecule has 5 rings (SSSR count). The van der Waals surface area contributed by atoms with Crippen molar-refractivity contribution in [2.45, 2.75) is 32.1 Å². The number of benzene rings is 2. The number of aromatic nitrogens is 3. The molecule has 0 saturated carbocycles. The summed E-state index contributed by atoms with van der Waals surface area (Å²) < 4.78 is 56.5. The van der Waals surface area contributed by atoms with Crippen LogP contribution in [0.1, 0.15) is 23.1 Å². The first-order valence-corrected chi connectivity index (χ1v) is 12.3. The fourth-order valence-electron chi connectivity index (χ4n) is 4.00. The van der Waals surface area contributed by atoms with Crippen LogP contribution < -0.4 is 5.69 Å². The molecular weight excluding hydrogens is 530 g/mol. The Kier molecular flexibility index (Phi) is 6.82. The molecule has 2 aromatic carbocycles. The van der Waals surface area contributed by atoms with Crippen molar-refractivity contribution >= 4 is 34.4 Å². The van der Waals surface area contributed by atoms with Crippen LogP contribution in [0.2, 0.25) is 4.34 Å². The highest BCUT2D eigenvalue weighted by molar-refractivity contribution is 7.19. The van der Waals surface area contributed by atoms with Crippen LogP contribution in [0.25, 0.3) is 10.7 Å². The van der Waals surface area contributed by atoms with E-state index in [1.165, 1.54) is 32.7 Å². The molecule has 0 aliphatic carbocycles. The lowest BCUT2D eigenvalue weighted by Crippen LogP contribution is -2.28. The first-order chi connectivity index (χ1) is 17.7. The van der Waals surface area contributed by atoms with Gasteiger partial charge in [-0.1, -0.05) is 48.0 Å². The van der Waals surface area contributed by atoms with Gasteiger partial charge in [0, 0.05) is 18.4 Å². The van der Waals surface area contributed by atoms with Crippen molar-refractivity contribution in [1.82, 2.24) is 14.3 Å². The van der Waals surface area contributed by atoms with Gasteiger partial charge in [0.05, 0.1) is 39.3 Å². The number of thiophene rings is 1. The molecule has 1 aliphatic heterocycles. The summed E-state index contributed by atoms with van der Waals surface area (Å²) in [5.41, 5.74) is 0.731. The van der Waals surface area contributed by atoms with Crippen molar-refractivity contribution in [3.8, 4) is 10.7 Å². The molecule has 0 fully saturated rings. The van der Waals surface area contributed by atoms with E-state index < -0.39 is 23.2 Å². The Balaban J connectivity index is 1.35. The highest BCUT2D eigenvalue weighted by atomic mass is 35.5. The Morgan fingerprint density at radius 2 is 1.76 bits per heavy atom. The molecular formula is C25H18ClF4N5OS. The molecule has 0 bridgehead atoms. The van der Waals surface area contributed by atoms with Crippen molar-refractivity contribution < 1.29 is 17.6 Å². The van der Waals surface area contributed by atoms with Crippen LogP contribution in [0.4, 0.5) is 17.6 Å². The van der Waals surface area contributed by atoms with E-state index in [0.717, 1.165) is 12.1 Å². The van der Waals surface area contributed by atoms with Crippen LogP contribution in [0, 0.1) is 5.82 Å². The SMILES string of the molecule is O=c1n(CC2=NN=C(Cc3cccc(C(F)(F)F)c3)C2)nc(-c2ccc(Cl)s2)n1Cc1ccccc1F. The van der Waals surface area contributed by atoms with E-state index in [0.29, 0.717) is 44.0 Å². The van der Waals surface area contributed by atoms with E-state index in [2.05, 4.69) is 15.3 Å². The zero-order chi connectivity index (χ0) is 26.2.